The minimum absolute atomic E-state index is 0.0984. The maximum Gasteiger partial charge on any atom is 0.263 e. The molecule has 0 radical (unpaired) electrons. The highest BCUT2D eigenvalue weighted by Crippen LogP contribution is 2.32. The molecule has 6 nitrogen and oxygen atoms in total. The van der Waals surface area contributed by atoms with E-state index in [1.54, 1.807) is 14.0 Å². The third-order valence-electron chi connectivity index (χ3n) is 5.24. The van der Waals surface area contributed by atoms with Crippen LogP contribution < -0.4 is 15.6 Å². The van der Waals surface area contributed by atoms with Gasteiger partial charge in [0, 0.05) is 16.6 Å². The quantitative estimate of drug-likeness (QED) is 0.495. The van der Waals surface area contributed by atoms with E-state index in [2.05, 4.69) is 10.3 Å². The number of fused-ring (bicyclic) bond motifs is 1. The maximum atomic E-state index is 13.4. The van der Waals surface area contributed by atoms with Gasteiger partial charge in [-0.05, 0) is 50.1 Å². The molecule has 4 aromatic rings. The van der Waals surface area contributed by atoms with Gasteiger partial charge in [0.2, 0.25) is 5.91 Å². The van der Waals surface area contributed by atoms with Crippen molar-refractivity contribution in [3.8, 4) is 16.9 Å². The SMILES string of the molecule is COc1ccc(-c2csc3nc(C)n(CC(=O)Nc4ccc(C)cc4C)c(=O)c23)cc1. The largest absolute Gasteiger partial charge is 0.497 e. The Bertz CT molecular complexity index is 1340. The predicted octanol–water partition coefficient (Wildman–Crippen LogP) is 4.70. The van der Waals surface area contributed by atoms with Gasteiger partial charge in [0.15, 0.2) is 0 Å². The first-order valence-corrected chi connectivity index (χ1v) is 10.8. The number of hydrogen-bond acceptors (Lipinski definition) is 5. The first kappa shape index (κ1) is 20.8. The summed E-state index contributed by atoms with van der Waals surface area (Å²) < 4.78 is 6.65. The van der Waals surface area contributed by atoms with Crippen LogP contribution in [0.25, 0.3) is 21.3 Å². The molecule has 31 heavy (non-hydrogen) atoms. The van der Waals surface area contributed by atoms with Gasteiger partial charge >= 0.3 is 0 Å². The number of aromatic nitrogens is 2. The van der Waals surface area contributed by atoms with Gasteiger partial charge in [-0.1, -0.05) is 29.8 Å². The van der Waals surface area contributed by atoms with Gasteiger partial charge < -0.3 is 10.1 Å². The second-order valence-electron chi connectivity index (χ2n) is 7.47. The molecule has 0 aliphatic heterocycles. The third kappa shape index (κ3) is 4.09. The molecule has 2 aromatic carbocycles. The summed E-state index contributed by atoms with van der Waals surface area (Å²) in [4.78, 5) is 31.3. The average Bonchev–Trinajstić information content (AvgIpc) is 3.17. The van der Waals surface area contributed by atoms with Crippen molar-refractivity contribution >= 4 is 33.1 Å². The Morgan fingerprint density at radius 3 is 2.55 bits per heavy atom. The summed E-state index contributed by atoms with van der Waals surface area (Å²) in [5.74, 6) is 0.994. The molecule has 0 bridgehead atoms. The van der Waals surface area contributed by atoms with Gasteiger partial charge in [-0.15, -0.1) is 11.3 Å². The molecular formula is C24H23N3O3S. The van der Waals surface area contributed by atoms with E-state index in [0.29, 0.717) is 16.0 Å². The molecule has 4 rings (SSSR count). The number of ether oxygens (including phenoxy) is 1. The highest BCUT2D eigenvalue weighted by molar-refractivity contribution is 7.17. The van der Waals surface area contributed by atoms with Crippen LogP contribution in [-0.4, -0.2) is 22.6 Å². The molecule has 0 aliphatic carbocycles. The van der Waals surface area contributed by atoms with Crippen LogP contribution in [0, 0.1) is 20.8 Å². The fraction of sp³-hybridized carbons (Fsp3) is 0.208. The van der Waals surface area contributed by atoms with Gasteiger partial charge in [-0.2, -0.15) is 0 Å². The van der Waals surface area contributed by atoms with E-state index in [1.807, 2.05) is 61.7 Å². The smallest absolute Gasteiger partial charge is 0.263 e. The van der Waals surface area contributed by atoms with Crippen LogP contribution in [0.3, 0.4) is 0 Å². The Morgan fingerprint density at radius 2 is 1.87 bits per heavy atom. The van der Waals surface area contributed by atoms with Crippen LogP contribution in [-0.2, 0) is 11.3 Å². The number of aryl methyl sites for hydroxylation is 3. The Kier molecular flexibility index (Phi) is 5.61. The number of carbonyl (C=O) groups is 1. The van der Waals surface area contributed by atoms with E-state index in [4.69, 9.17) is 4.74 Å². The topological polar surface area (TPSA) is 73.2 Å². The predicted molar refractivity (Wildman–Crippen MR) is 125 cm³/mol. The van der Waals surface area contributed by atoms with Crippen LogP contribution in [0.1, 0.15) is 17.0 Å². The molecule has 158 valence electrons. The Hall–Kier alpha value is -3.45. The van der Waals surface area contributed by atoms with Gasteiger partial charge in [0.25, 0.3) is 5.56 Å². The molecule has 0 saturated carbocycles. The van der Waals surface area contributed by atoms with E-state index < -0.39 is 0 Å². The van der Waals surface area contributed by atoms with Crippen molar-refractivity contribution in [3.05, 3.63) is 75.1 Å². The fourth-order valence-electron chi connectivity index (χ4n) is 3.58. The molecule has 1 N–H and O–H groups in total. The number of amides is 1. The van der Waals surface area contributed by atoms with Crippen molar-refractivity contribution < 1.29 is 9.53 Å². The molecule has 0 aliphatic rings. The number of methoxy groups -OCH3 is 1. The van der Waals surface area contributed by atoms with Gasteiger partial charge in [0.05, 0.1) is 12.5 Å². The number of nitrogens with one attached hydrogen (secondary N) is 1. The molecular weight excluding hydrogens is 410 g/mol. The second-order valence-corrected chi connectivity index (χ2v) is 8.33. The van der Waals surface area contributed by atoms with Crippen LogP contribution >= 0.6 is 11.3 Å². The van der Waals surface area contributed by atoms with Gasteiger partial charge in [-0.3, -0.25) is 14.2 Å². The minimum Gasteiger partial charge on any atom is -0.497 e. The zero-order chi connectivity index (χ0) is 22.1. The van der Waals surface area contributed by atoms with Crippen molar-refractivity contribution in [2.24, 2.45) is 0 Å². The summed E-state index contributed by atoms with van der Waals surface area (Å²) in [6.45, 7) is 5.60. The van der Waals surface area contributed by atoms with E-state index in [1.165, 1.54) is 15.9 Å². The summed E-state index contributed by atoms with van der Waals surface area (Å²) in [5, 5.41) is 5.36. The monoisotopic (exact) mass is 433 g/mol. The summed E-state index contributed by atoms with van der Waals surface area (Å²) in [6.07, 6.45) is 0. The first-order chi connectivity index (χ1) is 14.9. The average molecular weight is 434 g/mol. The lowest BCUT2D eigenvalue weighted by Crippen LogP contribution is -2.30. The lowest BCUT2D eigenvalue weighted by atomic mass is 10.1. The van der Waals surface area contributed by atoms with Crippen molar-refractivity contribution in [1.29, 1.82) is 0 Å². The molecule has 7 heteroatoms. The molecule has 0 fully saturated rings. The Morgan fingerprint density at radius 1 is 1.13 bits per heavy atom. The molecule has 2 heterocycles. The molecule has 0 unspecified atom stereocenters. The van der Waals surface area contributed by atoms with E-state index in [0.717, 1.165) is 33.7 Å². The van der Waals surface area contributed by atoms with E-state index in [9.17, 15) is 9.59 Å². The number of rotatable bonds is 5. The van der Waals surface area contributed by atoms with Crippen LogP contribution in [0.5, 0.6) is 5.75 Å². The van der Waals surface area contributed by atoms with Crippen molar-refractivity contribution in [3.63, 3.8) is 0 Å². The zero-order valence-corrected chi connectivity index (χ0v) is 18.7. The van der Waals surface area contributed by atoms with Crippen LogP contribution in [0.4, 0.5) is 5.69 Å². The van der Waals surface area contributed by atoms with Gasteiger partial charge in [-0.25, -0.2) is 4.98 Å². The fourth-order valence-corrected chi connectivity index (χ4v) is 4.57. The molecule has 1 amide bonds. The Balaban J connectivity index is 1.69. The molecule has 0 saturated heterocycles. The highest BCUT2D eigenvalue weighted by Gasteiger charge is 2.17. The summed E-state index contributed by atoms with van der Waals surface area (Å²) >= 11 is 1.42. The molecule has 0 atom stereocenters. The standard InChI is InChI=1S/C24H23N3O3S/c1-14-5-10-20(15(2)11-14)26-21(28)12-27-16(3)25-23-22(24(27)29)19(13-31-23)17-6-8-18(30-4)9-7-17/h5-11,13H,12H2,1-4H3,(H,26,28). The van der Waals surface area contributed by atoms with E-state index >= 15 is 0 Å². The number of benzene rings is 2. The maximum absolute atomic E-state index is 13.4. The minimum atomic E-state index is -0.264. The third-order valence-corrected chi connectivity index (χ3v) is 6.12. The molecule has 2 aromatic heterocycles. The Labute approximate surface area is 184 Å². The summed E-state index contributed by atoms with van der Waals surface area (Å²) in [7, 11) is 1.61. The normalized spacial score (nSPS) is 11.0. The lowest BCUT2D eigenvalue weighted by Gasteiger charge is -2.12. The van der Waals surface area contributed by atoms with Gasteiger partial charge in [0.1, 0.15) is 22.9 Å². The number of carbonyl (C=O) groups excluding carboxylic acids is 1. The number of nitrogens with zero attached hydrogens (tertiary/aromatic N) is 2. The number of thiophene rings is 1. The summed E-state index contributed by atoms with van der Waals surface area (Å²) in [6, 6.07) is 13.4. The highest BCUT2D eigenvalue weighted by atomic mass is 32.1. The lowest BCUT2D eigenvalue weighted by molar-refractivity contribution is -0.116. The van der Waals surface area contributed by atoms with Crippen molar-refractivity contribution in [2.75, 3.05) is 12.4 Å². The van der Waals surface area contributed by atoms with Crippen molar-refractivity contribution in [1.82, 2.24) is 9.55 Å². The second kappa shape index (κ2) is 8.35. The first-order valence-electron chi connectivity index (χ1n) is 9.87. The van der Waals surface area contributed by atoms with E-state index in [-0.39, 0.29) is 18.0 Å². The number of anilines is 1. The molecule has 0 spiro atoms. The zero-order valence-electron chi connectivity index (χ0n) is 17.9. The van der Waals surface area contributed by atoms with Crippen LogP contribution in [0.15, 0.2) is 52.6 Å². The summed E-state index contributed by atoms with van der Waals surface area (Å²) in [5.41, 5.74) is 4.34. The number of hydrogen-bond donors (Lipinski definition) is 1. The van der Waals surface area contributed by atoms with Crippen LogP contribution in [0.2, 0.25) is 0 Å². The van der Waals surface area contributed by atoms with Crippen molar-refractivity contribution in [2.45, 2.75) is 27.3 Å².